The molecule has 0 radical (unpaired) electrons. The Morgan fingerprint density at radius 1 is 1.00 bits per heavy atom. The van der Waals surface area contributed by atoms with Gasteiger partial charge in [0.25, 0.3) is 0 Å². The molecule has 0 amide bonds. The van der Waals surface area contributed by atoms with E-state index < -0.39 is 5.92 Å². The number of hydrogen-bond donors (Lipinski definition) is 0. The number of hydrogen-bond acceptors (Lipinski definition) is 4. The van der Waals surface area contributed by atoms with Crippen LogP contribution in [0.5, 0.6) is 5.75 Å². The summed E-state index contributed by atoms with van der Waals surface area (Å²) < 4.78 is 10.7. The molecule has 2 aromatic rings. The summed E-state index contributed by atoms with van der Waals surface area (Å²) in [5.41, 5.74) is 1.82. The van der Waals surface area contributed by atoms with Crippen molar-refractivity contribution in [2.45, 2.75) is 5.92 Å². The summed E-state index contributed by atoms with van der Waals surface area (Å²) in [6, 6.07) is 17.2. The second-order valence-electron chi connectivity index (χ2n) is 5.59. The normalized spacial score (nSPS) is 11.5. The molecule has 0 aliphatic rings. The van der Waals surface area contributed by atoms with Crippen molar-refractivity contribution in [2.24, 2.45) is 0 Å². The molecule has 0 fully saturated rings. The minimum Gasteiger partial charge on any atom is -1.00 e. The zero-order valence-corrected chi connectivity index (χ0v) is 15.0. The van der Waals surface area contributed by atoms with Crippen LogP contribution in [0, 0.1) is 0 Å². The van der Waals surface area contributed by atoms with Gasteiger partial charge < -0.3 is 26.8 Å². The summed E-state index contributed by atoms with van der Waals surface area (Å²) in [6.07, 6.45) is 0. The van der Waals surface area contributed by atoms with E-state index in [1.165, 1.54) is 0 Å². The van der Waals surface area contributed by atoms with Gasteiger partial charge in [-0.05, 0) is 37.4 Å². The highest BCUT2D eigenvalue weighted by Crippen LogP contribution is 2.27. The first-order valence-electron chi connectivity index (χ1n) is 7.62. The molecule has 0 aliphatic heterocycles. The van der Waals surface area contributed by atoms with Crippen LogP contribution in [-0.2, 0) is 9.53 Å². The largest absolute Gasteiger partial charge is 1.00 e. The van der Waals surface area contributed by atoms with Gasteiger partial charge in [-0.2, -0.15) is 0 Å². The summed E-state index contributed by atoms with van der Waals surface area (Å²) in [7, 11) is 5.52. The number of likely N-dealkylation sites (N-methyl/N-ethyl adjacent to an activating group) is 1. The number of carbonyl (C=O) groups excluding carboxylic acids is 1. The van der Waals surface area contributed by atoms with E-state index in [2.05, 4.69) is 0 Å². The predicted molar refractivity (Wildman–Crippen MR) is 90.8 cm³/mol. The van der Waals surface area contributed by atoms with Crippen LogP contribution in [0.15, 0.2) is 54.6 Å². The predicted octanol–water partition coefficient (Wildman–Crippen LogP) is -0.0641. The number of carbonyl (C=O) groups is 1. The maximum absolute atomic E-state index is 12.6. The fourth-order valence-corrected chi connectivity index (χ4v) is 2.32. The molecule has 4 nitrogen and oxygen atoms in total. The van der Waals surface area contributed by atoms with Gasteiger partial charge in [-0.15, -0.1) is 0 Å². The van der Waals surface area contributed by atoms with Crippen molar-refractivity contribution in [3.05, 3.63) is 65.7 Å². The van der Waals surface area contributed by atoms with Gasteiger partial charge in [0.15, 0.2) is 0 Å². The summed E-state index contributed by atoms with van der Waals surface area (Å²) >= 11 is 0. The lowest BCUT2D eigenvalue weighted by molar-refractivity contribution is -0.144. The number of nitrogens with zero attached hydrogens (tertiary/aromatic N) is 1. The monoisotopic (exact) mass is 348 g/mol. The number of benzene rings is 2. The van der Waals surface area contributed by atoms with Crippen molar-refractivity contribution >= 4 is 5.97 Å². The fraction of sp³-hybridized carbons (Fsp3) is 0.316. The lowest BCUT2D eigenvalue weighted by atomic mass is 9.91. The second-order valence-corrected chi connectivity index (χ2v) is 5.59. The fourth-order valence-electron chi connectivity index (χ4n) is 2.32. The standard InChI is InChI=1S/C19H23NO3.ClH/c1-20(2)13-14-23-19(21)18(15-7-5-4-6-8-15)16-9-11-17(22-3)12-10-16;/h4-12,18H,13-14H2,1-3H3;1H/p-1. The molecule has 0 spiro atoms. The van der Waals surface area contributed by atoms with Crippen LogP contribution in [0.25, 0.3) is 0 Å². The summed E-state index contributed by atoms with van der Waals surface area (Å²) in [6.45, 7) is 1.08. The average Bonchev–Trinajstić information content (AvgIpc) is 2.56. The molecule has 0 heterocycles. The molecule has 2 aromatic carbocycles. The molecule has 1 atom stereocenters. The highest BCUT2D eigenvalue weighted by Gasteiger charge is 2.24. The Bertz CT molecular complexity index is 614. The van der Waals surface area contributed by atoms with Crippen molar-refractivity contribution in [3.8, 4) is 5.75 Å². The van der Waals surface area contributed by atoms with Crippen molar-refractivity contribution in [1.82, 2.24) is 4.90 Å². The SMILES string of the molecule is COc1ccc(C(C(=O)OCCN(C)C)c2ccccc2)cc1.[Cl-]. The lowest BCUT2D eigenvalue weighted by Gasteiger charge is -2.18. The zero-order valence-electron chi connectivity index (χ0n) is 14.2. The smallest absolute Gasteiger partial charge is 0.317 e. The third-order valence-corrected chi connectivity index (χ3v) is 3.60. The van der Waals surface area contributed by atoms with Crippen LogP contribution in [0.4, 0.5) is 0 Å². The maximum atomic E-state index is 12.6. The van der Waals surface area contributed by atoms with E-state index in [9.17, 15) is 4.79 Å². The summed E-state index contributed by atoms with van der Waals surface area (Å²) in [4.78, 5) is 14.6. The molecule has 0 saturated heterocycles. The van der Waals surface area contributed by atoms with Crippen LogP contribution in [0.1, 0.15) is 17.0 Å². The third kappa shape index (κ3) is 5.55. The van der Waals surface area contributed by atoms with Crippen LogP contribution in [-0.4, -0.2) is 45.2 Å². The van der Waals surface area contributed by atoms with Crippen LogP contribution in [0.2, 0.25) is 0 Å². The molecular weight excluding hydrogens is 326 g/mol. The topological polar surface area (TPSA) is 38.8 Å². The number of methoxy groups -OCH3 is 1. The molecule has 24 heavy (non-hydrogen) atoms. The van der Waals surface area contributed by atoms with Crippen molar-refractivity contribution in [1.29, 1.82) is 0 Å². The van der Waals surface area contributed by atoms with E-state index in [0.29, 0.717) is 13.2 Å². The molecule has 130 valence electrons. The van der Waals surface area contributed by atoms with Crippen molar-refractivity contribution in [3.63, 3.8) is 0 Å². The average molecular weight is 349 g/mol. The minimum absolute atomic E-state index is 0. The summed E-state index contributed by atoms with van der Waals surface area (Å²) in [5.74, 6) is 0.106. The van der Waals surface area contributed by atoms with Gasteiger partial charge in [-0.25, -0.2) is 0 Å². The first-order valence-corrected chi connectivity index (χ1v) is 7.62. The third-order valence-electron chi connectivity index (χ3n) is 3.60. The molecule has 2 rings (SSSR count). The number of esters is 1. The first kappa shape index (κ1) is 20.0. The van der Waals surface area contributed by atoms with Gasteiger partial charge in [0.1, 0.15) is 18.3 Å². The first-order chi connectivity index (χ1) is 11.1. The van der Waals surface area contributed by atoms with E-state index in [1.54, 1.807) is 7.11 Å². The number of ether oxygens (including phenoxy) is 2. The molecule has 0 saturated carbocycles. The van der Waals surface area contributed by atoms with Crippen molar-refractivity contribution in [2.75, 3.05) is 34.4 Å². The van der Waals surface area contributed by atoms with Gasteiger partial charge in [0.2, 0.25) is 0 Å². The van der Waals surface area contributed by atoms with E-state index >= 15 is 0 Å². The van der Waals surface area contributed by atoms with E-state index in [-0.39, 0.29) is 18.4 Å². The Morgan fingerprint density at radius 3 is 2.12 bits per heavy atom. The Morgan fingerprint density at radius 2 is 1.58 bits per heavy atom. The van der Waals surface area contributed by atoms with Gasteiger partial charge in [0.05, 0.1) is 7.11 Å². The lowest BCUT2D eigenvalue weighted by Crippen LogP contribution is -3.00. The zero-order chi connectivity index (χ0) is 16.7. The Kier molecular flexibility index (Phi) is 8.30. The van der Waals surface area contributed by atoms with Crippen LogP contribution >= 0.6 is 0 Å². The van der Waals surface area contributed by atoms with E-state index in [0.717, 1.165) is 16.9 Å². The van der Waals surface area contributed by atoms with Gasteiger partial charge in [-0.3, -0.25) is 4.79 Å². The van der Waals surface area contributed by atoms with Gasteiger partial charge in [0, 0.05) is 6.54 Å². The highest BCUT2D eigenvalue weighted by molar-refractivity contribution is 5.82. The van der Waals surface area contributed by atoms with Crippen LogP contribution < -0.4 is 17.1 Å². The maximum Gasteiger partial charge on any atom is 0.317 e. The van der Waals surface area contributed by atoms with E-state index in [4.69, 9.17) is 9.47 Å². The second kappa shape index (κ2) is 9.96. The Hall–Kier alpha value is -2.04. The van der Waals surface area contributed by atoms with Gasteiger partial charge >= 0.3 is 5.97 Å². The molecule has 1 unspecified atom stereocenters. The quantitative estimate of drug-likeness (QED) is 0.657. The molecule has 0 bridgehead atoms. The summed E-state index contributed by atoms with van der Waals surface area (Å²) in [5, 5.41) is 0. The number of halogens is 1. The molecule has 0 aromatic heterocycles. The van der Waals surface area contributed by atoms with Crippen LogP contribution in [0.3, 0.4) is 0 Å². The highest BCUT2D eigenvalue weighted by atomic mass is 35.5. The molecule has 0 N–H and O–H groups in total. The molecule has 5 heteroatoms. The number of rotatable bonds is 7. The molecule has 0 aliphatic carbocycles. The Labute approximate surface area is 149 Å². The Balaban J connectivity index is 0.00000288. The van der Waals surface area contributed by atoms with E-state index in [1.807, 2.05) is 73.6 Å². The van der Waals surface area contributed by atoms with Crippen molar-refractivity contribution < 1.29 is 26.7 Å². The van der Waals surface area contributed by atoms with Gasteiger partial charge in [-0.1, -0.05) is 42.5 Å². The molecular formula is C19H23ClNO3-. The minimum atomic E-state index is -0.427.